The van der Waals surface area contributed by atoms with E-state index in [1.54, 1.807) is 6.20 Å². The molecular formula is C13H14ClN3. The van der Waals surface area contributed by atoms with Gasteiger partial charge in [0, 0.05) is 5.56 Å². The minimum atomic E-state index is 0.175. The Morgan fingerprint density at radius 1 is 1.24 bits per heavy atom. The van der Waals surface area contributed by atoms with E-state index in [0.29, 0.717) is 5.92 Å². The molecule has 0 aliphatic carbocycles. The Morgan fingerprint density at radius 2 is 1.94 bits per heavy atom. The molecule has 1 aromatic carbocycles. The van der Waals surface area contributed by atoms with Crippen LogP contribution in [0.3, 0.4) is 0 Å². The van der Waals surface area contributed by atoms with E-state index >= 15 is 0 Å². The molecule has 0 aliphatic rings. The van der Waals surface area contributed by atoms with Crippen molar-refractivity contribution >= 4 is 11.6 Å². The van der Waals surface area contributed by atoms with E-state index in [0.717, 1.165) is 17.7 Å². The second-order valence-electron chi connectivity index (χ2n) is 4.04. The van der Waals surface area contributed by atoms with E-state index in [4.69, 9.17) is 11.6 Å². The first-order valence-corrected chi connectivity index (χ1v) is 6.04. The van der Waals surface area contributed by atoms with Gasteiger partial charge in [-0.25, -0.2) is 4.98 Å². The van der Waals surface area contributed by atoms with Crippen molar-refractivity contribution in [3.8, 4) is 11.3 Å². The molecule has 3 nitrogen and oxygen atoms in total. The van der Waals surface area contributed by atoms with E-state index in [9.17, 15) is 0 Å². The van der Waals surface area contributed by atoms with Gasteiger partial charge in [-0.15, -0.1) is 5.10 Å². The summed E-state index contributed by atoms with van der Waals surface area (Å²) in [6, 6.07) is 8.34. The van der Waals surface area contributed by atoms with Gasteiger partial charge in [0.05, 0.1) is 11.9 Å². The summed E-state index contributed by atoms with van der Waals surface area (Å²) in [5.74, 6) is 0.580. The van der Waals surface area contributed by atoms with Gasteiger partial charge in [0.15, 0.2) is 0 Å². The fraction of sp³-hybridized carbons (Fsp3) is 0.308. The third kappa shape index (κ3) is 2.80. The Hall–Kier alpha value is -1.48. The largest absolute Gasteiger partial charge is 0.243 e. The summed E-state index contributed by atoms with van der Waals surface area (Å²) in [6.07, 6.45) is 2.75. The maximum atomic E-state index is 5.71. The minimum absolute atomic E-state index is 0.175. The van der Waals surface area contributed by atoms with Crippen LogP contribution in [0.2, 0.25) is 5.28 Å². The molecule has 1 heterocycles. The van der Waals surface area contributed by atoms with E-state index in [-0.39, 0.29) is 5.28 Å². The Balaban J connectivity index is 2.29. The number of hydrogen-bond donors (Lipinski definition) is 0. The van der Waals surface area contributed by atoms with Gasteiger partial charge < -0.3 is 0 Å². The van der Waals surface area contributed by atoms with Gasteiger partial charge >= 0.3 is 0 Å². The van der Waals surface area contributed by atoms with Crippen molar-refractivity contribution in [2.75, 3.05) is 0 Å². The molecule has 0 aliphatic heterocycles. The lowest BCUT2D eigenvalue weighted by Crippen LogP contribution is -1.93. The van der Waals surface area contributed by atoms with Crippen LogP contribution in [0.4, 0.5) is 0 Å². The van der Waals surface area contributed by atoms with Crippen LogP contribution in [0.5, 0.6) is 0 Å². The fourth-order valence-electron chi connectivity index (χ4n) is 1.64. The molecule has 0 bridgehead atoms. The van der Waals surface area contributed by atoms with Crippen LogP contribution in [-0.2, 0) is 0 Å². The van der Waals surface area contributed by atoms with Crippen molar-refractivity contribution in [2.24, 2.45) is 0 Å². The van der Waals surface area contributed by atoms with Crippen molar-refractivity contribution in [3.05, 3.63) is 41.3 Å². The van der Waals surface area contributed by atoms with Gasteiger partial charge in [0.2, 0.25) is 5.28 Å². The van der Waals surface area contributed by atoms with E-state index in [1.807, 2.05) is 12.1 Å². The number of hydrogen-bond acceptors (Lipinski definition) is 3. The Morgan fingerprint density at radius 3 is 2.53 bits per heavy atom. The van der Waals surface area contributed by atoms with Crippen LogP contribution >= 0.6 is 11.6 Å². The molecule has 1 unspecified atom stereocenters. The standard InChI is InChI=1S/C13H14ClN3/c1-3-9(2)10-4-6-11(7-5-10)12-8-15-17-13(14)16-12/h4-9H,3H2,1-2H3. The van der Waals surface area contributed by atoms with Gasteiger partial charge in [-0.3, -0.25) is 0 Å². The predicted molar refractivity (Wildman–Crippen MR) is 69.0 cm³/mol. The second-order valence-corrected chi connectivity index (χ2v) is 4.38. The summed E-state index contributed by atoms with van der Waals surface area (Å²) in [7, 11) is 0. The number of rotatable bonds is 3. The molecular weight excluding hydrogens is 234 g/mol. The number of nitrogens with zero attached hydrogens (tertiary/aromatic N) is 3. The number of aromatic nitrogens is 3. The lowest BCUT2D eigenvalue weighted by atomic mass is 9.97. The molecule has 88 valence electrons. The van der Waals surface area contributed by atoms with Gasteiger partial charge in [0.1, 0.15) is 0 Å². The van der Waals surface area contributed by atoms with Gasteiger partial charge in [-0.05, 0) is 29.5 Å². The number of benzene rings is 1. The van der Waals surface area contributed by atoms with Crippen LogP contribution in [0.1, 0.15) is 31.7 Å². The molecule has 2 aromatic rings. The summed E-state index contributed by atoms with van der Waals surface area (Å²) in [5.41, 5.74) is 3.10. The van der Waals surface area contributed by atoms with Crippen LogP contribution in [-0.4, -0.2) is 15.2 Å². The third-order valence-corrected chi connectivity index (χ3v) is 3.08. The predicted octanol–water partition coefficient (Wildman–Crippen LogP) is 3.71. The quantitative estimate of drug-likeness (QED) is 0.830. The van der Waals surface area contributed by atoms with Crippen molar-refractivity contribution in [1.82, 2.24) is 15.2 Å². The zero-order valence-corrected chi connectivity index (χ0v) is 10.6. The van der Waals surface area contributed by atoms with Crippen LogP contribution in [0, 0.1) is 0 Å². The maximum absolute atomic E-state index is 5.71. The highest BCUT2D eigenvalue weighted by atomic mass is 35.5. The first-order chi connectivity index (χ1) is 8.20. The molecule has 0 fully saturated rings. The topological polar surface area (TPSA) is 38.7 Å². The van der Waals surface area contributed by atoms with Crippen molar-refractivity contribution in [3.63, 3.8) is 0 Å². The Kier molecular flexibility index (Phi) is 3.69. The SMILES string of the molecule is CCC(C)c1ccc(-c2cnnc(Cl)n2)cc1. The van der Waals surface area contributed by atoms with E-state index < -0.39 is 0 Å². The molecule has 1 atom stereocenters. The molecule has 0 saturated carbocycles. The molecule has 17 heavy (non-hydrogen) atoms. The normalized spacial score (nSPS) is 12.4. The molecule has 0 amide bonds. The van der Waals surface area contributed by atoms with Crippen molar-refractivity contribution in [2.45, 2.75) is 26.2 Å². The molecule has 0 saturated heterocycles. The molecule has 0 radical (unpaired) electrons. The maximum Gasteiger partial charge on any atom is 0.243 e. The summed E-state index contributed by atoms with van der Waals surface area (Å²) < 4.78 is 0. The van der Waals surface area contributed by atoms with Crippen LogP contribution in [0.25, 0.3) is 11.3 Å². The number of halogens is 1. The molecule has 0 spiro atoms. The molecule has 0 N–H and O–H groups in total. The third-order valence-electron chi connectivity index (χ3n) is 2.92. The smallest absolute Gasteiger partial charge is 0.215 e. The molecule has 4 heteroatoms. The zero-order chi connectivity index (χ0) is 12.3. The second kappa shape index (κ2) is 5.23. The molecule has 1 aromatic heterocycles. The lowest BCUT2D eigenvalue weighted by Gasteiger charge is -2.09. The molecule has 2 rings (SSSR count). The highest BCUT2D eigenvalue weighted by molar-refractivity contribution is 6.28. The Labute approximate surface area is 106 Å². The van der Waals surface area contributed by atoms with Gasteiger partial charge in [0.25, 0.3) is 0 Å². The van der Waals surface area contributed by atoms with E-state index in [1.165, 1.54) is 5.56 Å². The minimum Gasteiger partial charge on any atom is -0.215 e. The van der Waals surface area contributed by atoms with Gasteiger partial charge in [-0.1, -0.05) is 38.1 Å². The average Bonchev–Trinajstić information content (AvgIpc) is 2.38. The highest BCUT2D eigenvalue weighted by Crippen LogP contribution is 2.22. The first-order valence-electron chi connectivity index (χ1n) is 5.66. The lowest BCUT2D eigenvalue weighted by molar-refractivity contribution is 0.734. The monoisotopic (exact) mass is 247 g/mol. The fourth-order valence-corrected chi connectivity index (χ4v) is 1.77. The van der Waals surface area contributed by atoms with Crippen LogP contribution < -0.4 is 0 Å². The summed E-state index contributed by atoms with van der Waals surface area (Å²) in [5, 5.41) is 7.59. The van der Waals surface area contributed by atoms with Crippen LogP contribution in [0.15, 0.2) is 30.5 Å². The average molecular weight is 248 g/mol. The zero-order valence-electron chi connectivity index (χ0n) is 9.89. The van der Waals surface area contributed by atoms with Crippen molar-refractivity contribution in [1.29, 1.82) is 0 Å². The van der Waals surface area contributed by atoms with Gasteiger partial charge in [-0.2, -0.15) is 5.10 Å². The summed E-state index contributed by atoms with van der Waals surface area (Å²) in [4.78, 5) is 4.13. The highest BCUT2D eigenvalue weighted by Gasteiger charge is 2.05. The summed E-state index contributed by atoms with van der Waals surface area (Å²) in [6.45, 7) is 4.41. The Bertz CT molecular complexity index is 496. The first kappa shape index (κ1) is 12.0. The van der Waals surface area contributed by atoms with Crippen molar-refractivity contribution < 1.29 is 0 Å². The summed E-state index contributed by atoms with van der Waals surface area (Å²) >= 11 is 5.71. The van der Waals surface area contributed by atoms with E-state index in [2.05, 4.69) is 41.2 Å².